The summed E-state index contributed by atoms with van der Waals surface area (Å²) < 4.78 is 41.9. The number of H-pyrrole nitrogens is 1. The largest absolute Gasteiger partial charge is 0.455 e. The minimum atomic E-state index is -4.58. The highest BCUT2D eigenvalue weighted by molar-refractivity contribution is 7.90. The first-order valence-electron chi connectivity index (χ1n) is 21.9. The number of rotatable bonds is 14. The summed E-state index contributed by atoms with van der Waals surface area (Å²) >= 11 is 6.25. The van der Waals surface area contributed by atoms with E-state index in [-0.39, 0.29) is 28.5 Å². The van der Waals surface area contributed by atoms with Crippen LogP contribution in [0, 0.1) is 15.5 Å². The highest BCUT2D eigenvalue weighted by atomic mass is 35.5. The molecule has 1 saturated carbocycles. The molecule has 2 saturated heterocycles. The molecular formula is C47H53ClN8O7S. The predicted octanol–water partition coefficient (Wildman–Crippen LogP) is 8.10. The minimum absolute atomic E-state index is 0.0393. The lowest BCUT2D eigenvalue weighted by Crippen LogP contribution is -2.47. The molecule has 3 aromatic carbocycles. The molecule has 5 aromatic rings. The minimum Gasteiger partial charge on any atom is -0.455 e. The van der Waals surface area contributed by atoms with Gasteiger partial charge in [0, 0.05) is 92.8 Å². The SMILES string of the molecule is CC1(C)CCC(CN2CCN(c3ccc(C(=O)NS(=O)(=O)c4ccc(NCC5CN(C6CC6)CCO5)c([N+](=O)[O-])c4)c(Oc4cnc5[nH]ccc5c4)c3)CC2)=C(c2ccc(Cl)cc2)C1. The van der Waals surface area contributed by atoms with Crippen molar-refractivity contribution in [3.8, 4) is 11.5 Å². The van der Waals surface area contributed by atoms with Crippen molar-refractivity contribution >= 4 is 61.2 Å². The normalized spacial score (nSPS) is 19.7. The summed E-state index contributed by atoms with van der Waals surface area (Å²) in [6, 6.07) is 21.0. The molecule has 15 nitrogen and oxygen atoms in total. The molecule has 1 unspecified atom stereocenters. The van der Waals surface area contributed by atoms with Gasteiger partial charge in [-0.25, -0.2) is 18.1 Å². The summed E-state index contributed by atoms with van der Waals surface area (Å²) in [5.41, 5.74) is 5.48. The number of allylic oxidation sites excluding steroid dienone is 1. The number of fused-ring (bicyclic) bond motifs is 1. The number of hydrogen-bond donors (Lipinski definition) is 3. The number of morpholine rings is 1. The number of aromatic amines is 1. The molecule has 2 aromatic heterocycles. The summed E-state index contributed by atoms with van der Waals surface area (Å²) in [5, 5.41) is 16.8. The Morgan fingerprint density at radius 2 is 1.83 bits per heavy atom. The fourth-order valence-corrected chi connectivity index (χ4v) is 10.2. The van der Waals surface area contributed by atoms with Gasteiger partial charge >= 0.3 is 0 Å². The number of nitrogens with zero attached hydrogens (tertiary/aromatic N) is 5. The van der Waals surface area contributed by atoms with E-state index in [4.69, 9.17) is 21.1 Å². The first-order chi connectivity index (χ1) is 30.8. The number of piperazine rings is 1. The van der Waals surface area contributed by atoms with Gasteiger partial charge in [-0.15, -0.1) is 0 Å². The molecule has 0 radical (unpaired) electrons. The van der Waals surface area contributed by atoms with Gasteiger partial charge in [-0.1, -0.05) is 43.2 Å². The van der Waals surface area contributed by atoms with E-state index in [0.717, 1.165) is 87.2 Å². The average Bonchev–Trinajstić information content (AvgIpc) is 4.03. The van der Waals surface area contributed by atoms with E-state index in [1.54, 1.807) is 30.5 Å². The van der Waals surface area contributed by atoms with Crippen LogP contribution in [0.2, 0.25) is 5.02 Å². The van der Waals surface area contributed by atoms with Crippen molar-refractivity contribution in [1.82, 2.24) is 24.5 Å². The zero-order valence-corrected chi connectivity index (χ0v) is 37.6. The van der Waals surface area contributed by atoms with E-state index in [0.29, 0.717) is 30.6 Å². The Morgan fingerprint density at radius 3 is 2.59 bits per heavy atom. The van der Waals surface area contributed by atoms with Gasteiger partial charge in [0.1, 0.15) is 22.8 Å². The van der Waals surface area contributed by atoms with E-state index in [1.165, 1.54) is 47.9 Å². The van der Waals surface area contributed by atoms with E-state index in [2.05, 4.69) is 60.7 Å². The standard InChI is InChI=1S/C47H53ClN8O7S/c1-47(2)15-13-33(41(26-47)31-3-5-34(48)6-4-31)29-53-17-19-54(20-18-53)36-9-11-40(44(24-36)63-37-23-32-14-16-49-45(32)51-27-37)46(57)52-64(60,61)39-10-12-42(43(25-39)56(58)59)50-28-38-30-55(21-22-62-38)35-7-8-35/h3-6,9-12,14,16,23-25,27,35,38,50H,7-8,13,15,17-22,26,28-30H2,1-2H3,(H,49,51)(H,52,57). The molecule has 3 N–H and O–H groups in total. The summed E-state index contributed by atoms with van der Waals surface area (Å²) in [4.78, 5) is 39.7. The van der Waals surface area contributed by atoms with E-state index in [9.17, 15) is 23.3 Å². The fourth-order valence-electron chi connectivity index (χ4n) is 9.06. The monoisotopic (exact) mass is 908 g/mol. The van der Waals surface area contributed by atoms with E-state index >= 15 is 0 Å². The van der Waals surface area contributed by atoms with E-state index in [1.807, 2.05) is 18.2 Å². The van der Waals surface area contributed by atoms with Crippen LogP contribution in [0.4, 0.5) is 17.1 Å². The van der Waals surface area contributed by atoms with E-state index < -0.39 is 31.4 Å². The first kappa shape index (κ1) is 43.7. The second kappa shape index (κ2) is 18.2. The molecular weight excluding hydrogens is 856 g/mol. The van der Waals surface area contributed by atoms with Crippen molar-refractivity contribution in [3.05, 3.63) is 117 Å². The lowest BCUT2D eigenvalue weighted by Gasteiger charge is -2.39. The molecule has 17 heteroatoms. The molecule has 3 fully saturated rings. The van der Waals surface area contributed by atoms with Gasteiger partial charge in [0.15, 0.2) is 0 Å². The number of pyridine rings is 1. The molecule has 1 atom stereocenters. The molecule has 0 spiro atoms. The topological polar surface area (TPSA) is 175 Å². The Hall–Kier alpha value is -5.52. The zero-order valence-electron chi connectivity index (χ0n) is 36.0. The number of nitro groups is 1. The Bertz CT molecular complexity index is 2690. The molecule has 2 aliphatic carbocycles. The van der Waals surface area contributed by atoms with Gasteiger partial charge < -0.3 is 24.7 Å². The van der Waals surface area contributed by atoms with Crippen LogP contribution in [0.3, 0.4) is 0 Å². The Morgan fingerprint density at radius 1 is 1.03 bits per heavy atom. The van der Waals surface area contributed by atoms with Gasteiger partial charge in [-0.2, -0.15) is 0 Å². The third kappa shape index (κ3) is 10.1. The Labute approximate surface area is 378 Å². The number of carbonyl (C=O) groups excluding carboxylic acids is 1. The van der Waals surface area contributed by atoms with Crippen molar-refractivity contribution in [2.75, 3.05) is 69.2 Å². The molecule has 2 aliphatic heterocycles. The molecule has 4 heterocycles. The summed E-state index contributed by atoms with van der Waals surface area (Å²) in [6.07, 6.45) is 8.65. The van der Waals surface area contributed by atoms with Gasteiger partial charge in [0.25, 0.3) is 21.6 Å². The fraction of sp³-hybridized carbons (Fsp3) is 0.404. The number of amides is 1. The van der Waals surface area contributed by atoms with Crippen LogP contribution in [-0.2, 0) is 14.8 Å². The van der Waals surface area contributed by atoms with Crippen LogP contribution in [0.1, 0.15) is 61.9 Å². The van der Waals surface area contributed by atoms with Crippen LogP contribution in [-0.4, -0.2) is 110 Å². The second-order valence-electron chi connectivity index (χ2n) is 18.0. The highest BCUT2D eigenvalue weighted by Crippen LogP contribution is 2.43. The predicted molar refractivity (Wildman–Crippen MR) is 248 cm³/mol. The quantitative estimate of drug-likeness (QED) is 0.0723. The molecule has 336 valence electrons. The molecule has 9 rings (SSSR count). The van der Waals surface area contributed by atoms with Crippen molar-refractivity contribution < 1.29 is 27.6 Å². The molecule has 64 heavy (non-hydrogen) atoms. The van der Waals surface area contributed by atoms with Crippen LogP contribution >= 0.6 is 11.6 Å². The first-order valence-corrected chi connectivity index (χ1v) is 23.8. The summed E-state index contributed by atoms with van der Waals surface area (Å²) in [6.45, 7) is 11.1. The van der Waals surface area contributed by atoms with Gasteiger partial charge in [0.2, 0.25) is 0 Å². The maximum Gasteiger partial charge on any atom is 0.293 e. The van der Waals surface area contributed by atoms with Crippen molar-refractivity contribution in [2.45, 2.75) is 63.0 Å². The Kier molecular flexibility index (Phi) is 12.4. The third-order valence-corrected chi connectivity index (χ3v) is 14.4. The number of nitro benzene ring substituents is 1. The van der Waals surface area contributed by atoms with Gasteiger partial charge in [-0.05, 0) is 97.2 Å². The number of carbonyl (C=O) groups is 1. The molecule has 0 bridgehead atoms. The second-order valence-corrected chi connectivity index (χ2v) is 20.2. The number of anilines is 2. The third-order valence-electron chi connectivity index (χ3n) is 12.8. The van der Waals surface area contributed by atoms with Gasteiger partial charge in [-0.3, -0.25) is 24.7 Å². The summed E-state index contributed by atoms with van der Waals surface area (Å²) in [5.74, 6) is -0.478. The number of sulfonamides is 1. The average molecular weight is 910 g/mol. The molecule has 1 amide bonds. The zero-order chi connectivity index (χ0) is 44.6. The highest BCUT2D eigenvalue weighted by Gasteiger charge is 2.34. The maximum absolute atomic E-state index is 14.0. The number of ether oxygens (including phenoxy) is 2. The van der Waals surface area contributed by atoms with Crippen LogP contribution in [0.15, 0.2) is 95.7 Å². The summed E-state index contributed by atoms with van der Waals surface area (Å²) in [7, 11) is -4.58. The van der Waals surface area contributed by atoms with Crippen LogP contribution < -0.4 is 19.7 Å². The Balaban J connectivity index is 0.914. The maximum atomic E-state index is 14.0. The lowest BCUT2D eigenvalue weighted by molar-refractivity contribution is -0.384. The van der Waals surface area contributed by atoms with Crippen molar-refractivity contribution in [1.29, 1.82) is 0 Å². The number of nitrogens with one attached hydrogen (secondary N) is 3. The molecule has 4 aliphatic rings. The van der Waals surface area contributed by atoms with Crippen molar-refractivity contribution in [2.24, 2.45) is 5.41 Å². The van der Waals surface area contributed by atoms with Crippen molar-refractivity contribution in [3.63, 3.8) is 0 Å². The number of halogens is 1. The number of hydrogen-bond acceptors (Lipinski definition) is 12. The van der Waals surface area contributed by atoms with Gasteiger partial charge in [0.05, 0.1) is 34.3 Å². The van der Waals surface area contributed by atoms with Crippen LogP contribution in [0.25, 0.3) is 16.6 Å². The lowest BCUT2D eigenvalue weighted by atomic mass is 9.72. The number of aromatic nitrogens is 2. The number of benzene rings is 3. The van der Waals surface area contributed by atoms with Crippen LogP contribution in [0.5, 0.6) is 11.5 Å². The smallest absolute Gasteiger partial charge is 0.293 e.